The zero-order chi connectivity index (χ0) is 23.9. The zero-order valence-electron chi connectivity index (χ0n) is 18.7. The van der Waals surface area contributed by atoms with Crippen LogP contribution in [0.2, 0.25) is 0 Å². The van der Waals surface area contributed by atoms with E-state index in [2.05, 4.69) is 15.1 Å². The average molecular weight is 468 g/mol. The van der Waals surface area contributed by atoms with E-state index in [1.807, 2.05) is 43.3 Å². The van der Waals surface area contributed by atoms with Gasteiger partial charge < -0.3 is 19.0 Å². The van der Waals surface area contributed by atoms with Gasteiger partial charge in [-0.15, -0.1) is 0 Å². The Bertz CT molecular complexity index is 1600. The van der Waals surface area contributed by atoms with Crippen LogP contribution in [0.25, 0.3) is 22.2 Å². The molecule has 5 aromatic rings. The molecule has 1 aliphatic heterocycles. The van der Waals surface area contributed by atoms with Crippen LogP contribution in [-0.4, -0.2) is 32.3 Å². The minimum Gasteiger partial charge on any atom is -0.488 e. The van der Waals surface area contributed by atoms with Gasteiger partial charge in [0.1, 0.15) is 18.2 Å². The third-order valence-electron chi connectivity index (χ3n) is 6.11. The highest BCUT2D eigenvalue weighted by Gasteiger charge is 2.31. The molecule has 9 heteroatoms. The van der Waals surface area contributed by atoms with Gasteiger partial charge in [0.2, 0.25) is 0 Å². The quantitative estimate of drug-likeness (QED) is 0.388. The number of pyridine rings is 1. The molecule has 1 atom stereocenters. The molecule has 1 aliphatic rings. The van der Waals surface area contributed by atoms with E-state index in [1.165, 1.54) is 0 Å². The van der Waals surface area contributed by atoms with Gasteiger partial charge in [0.25, 0.3) is 0 Å². The van der Waals surface area contributed by atoms with E-state index in [0.717, 1.165) is 5.69 Å². The third kappa shape index (κ3) is 3.48. The number of rotatable bonds is 5. The number of aromatic nitrogens is 4. The van der Waals surface area contributed by atoms with Gasteiger partial charge in [-0.3, -0.25) is 9.55 Å². The van der Waals surface area contributed by atoms with Crippen LogP contribution in [0, 0.1) is 6.92 Å². The molecular formula is C26H20N4O5. The third-order valence-corrected chi connectivity index (χ3v) is 6.11. The second kappa shape index (κ2) is 8.28. The smallest absolute Gasteiger partial charge is 0.338 e. The average Bonchev–Trinajstić information content (AvgIpc) is 3.44. The number of imidazole rings is 1. The van der Waals surface area contributed by atoms with Crippen LogP contribution in [-0.2, 0) is 11.3 Å². The van der Waals surface area contributed by atoms with Gasteiger partial charge in [0.05, 0.1) is 28.0 Å². The predicted octanol–water partition coefficient (Wildman–Crippen LogP) is 4.03. The van der Waals surface area contributed by atoms with E-state index in [0.29, 0.717) is 44.9 Å². The van der Waals surface area contributed by atoms with Crippen LogP contribution in [0.15, 0.2) is 76.2 Å². The first-order valence-electron chi connectivity index (χ1n) is 11.1. The number of carbonyl (C=O) groups excluding carboxylic acids is 1. The number of hydrogen-bond acceptors (Lipinski definition) is 7. The number of ether oxygens (including phenoxy) is 2. The summed E-state index contributed by atoms with van der Waals surface area (Å²) in [7, 11) is 0. The number of nitrogens with one attached hydrogen (secondary N) is 1. The Balaban J connectivity index is 1.41. The van der Waals surface area contributed by atoms with Crippen molar-refractivity contribution in [2.45, 2.75) is 19.6 Å². The van der Waals surface area contributed by atoms with Crippen molar-refractivity contribution in [1.29, 1.82) is 0 Å². The Morgan fingerprint density at radius 3 is 2.77 bits per heavy atom. The predicted molar refractivity (Wildman–Crippen MR) is 126 cm³/mol. The first kappa shape index (κ1) is 20.9. The van der Waals surface area contributed by atoms with Crippen molar-refractivity contribution < 1.29 is 18.8 Å². The van der Waals surface area contributed by atoms with Crippen molar-refractivity contribution >= 4 is 17.0 Å². The minimum absolute atomic E-state index is 0.0993. The highest BCUT2D eigenvalue weighted by Crippen LogP contribution is 2.43. The molecule has 1 unspecified atom stereocenters. The van der Waals surface area contributed by atoms with Crippen LogP contribution in [0.3, 0.4) is 0 Å². The lowest BCUT2D eigenvalue weighted by Crippen LogP contribution is -2.31. The summed E-state index contributed by atoms with van der Waals surface area (Å²) in [5.74, 6) is 0.466. The molecule has 0 saturated heterocycles. The summed E-state index contributed by atoms with van der Waals surface area (Å²) in [4.78, 5) is 32.7. The molecule has 35 heavy (non-hydrogen) atoms. The SMILES string of the molecule is Cc1noc(COC(=O)c2ccccc2)c1-c1ccc2[nH]c(=O)n3c2c1OCC3c1ccccn1. The fraction of sp³-hybridized carbons (Fsp3) is 0.154. The molecule has 0 amide bonds. The van der Waals surface area contributed by atoms with Gasteiger partial charge in [-0.25, -0.2) is 9.59 Å². The topological polar surface area (TPSA) is 112 Å². The van der Waals surface area contributed by atoms with Gasteiger partial charge in [-0.05, 0) is 43.3 Å². The Labute approximate surface area is 198 Å². The molecule has 0 aliphatic carbocycles. The molecule has 0 bridgehead atoms. The molecule has 0 saturated carbocycles. The molecule has 3 aromatic heterocycles. The van der Waals surface area contributed by atoms with E-state index in [4.69, 9.17) is 14.0 Å². The van der Waals surface area contributed by atoms with E-state index in [-0.39, 0.29) is 24.9 Å². The van der Waals surface area contributed by atoms with E-state index in [9.17, 15) is 9.59 Å². The van der Waals surface area contributed by atoms with Crippen LogP contribution < -0.4 is 10.4 Å². The highest BCUT2D eigenvalue weighted by molar-refractivity contribution is 5.93. The van der Waals surface area contributed by atoms with E-state index >= 15 is 0 Å². The van der Waals surface area contributed by atoms with Crippen LogP contribution in [0.4, 0.5) is 0 Å². The minimum atomic E-state index is -0.462. The normalized spacial score (nSPS) is 14.6. The maximum absolute atomic E-state index is 12.9. The standard InChI is InChI=1S/C26H20N4O5/c1-15-22(21(35-29-15)14-34-25(31)16-7-3-2-4-8-16)17-10-11-19-23-24(17)33-13-20(30(23)26(32)28-19)18-9-5-6-12-27-18/h2-12,20H,13-14H2,1H3,(H,28,32). The summed E-state index contributed by atoms with van der Waals surface area (Å²) in [5, 5.41) is 4.10. The van der Waals surface area contributed by atoms with Crippen molar-refractivity contribution in [1.82, 2.24) is 19.7 Å². The molecule has 0 radical (unpaired) electrons. The Hall–Kier alpha value is -4.66. The molecule has 0 spiro atoms. The van der Waals surface area contributed by atoms with Gasteiger partial charge in [0.15, 0.2) is 18.1 Å². The highest BCUT2D eigenvalue weighted by atomic mass is 16.5. The second-order valence-electron chi connectivity index (χ2n) is 8.23. The second-order valence-corrected chi connectivity index (χ2v) is 8.23. The number of benzene rings is 2. The molecule has 2 aromatic carbocycles. The summed E-state index contributed by atoms with van der Waals surface area (Å²) >= 11 is 0. The van der Waals surface area contributed by atoms with Gasteiger partial charge in [0, 0.05) is 11.8 Å². The van der Waals surface area contributed by atoms with Gasteiger partial charge in [-0.2, -0.15) is 0 Å². The summed E-state index contributed by atoms with van der Waals surface area (Å²) < 4.78 is 18.9. The van der Waals surface area contributed by atoms with Crippen molar-refractivity contribution in [3.63, 3.8) is 0 Å². The molecule has 9 nitrogen and oxygen atoms in total. The van der Waals surface area contributed by atoms with Crippen LogP contribution in [0.1, 0.15) is 33.5 Å². The summed E-state index contributed by atoms with van der Waals surface area (Å²) in [6.45, 7) is 1.94. The molecule has 4 heterocycles. The summed E-state index contributed by atoms with van der Waals surface area (Å²) in [6.07, 6.45) is 1.69. The number of nitrogens with zero attached hydrogens (tertiary/aromatic N) is 3. The lowest BCUT2D eigenvalue weighted by molar-refractivity contribution is 0.0438. The molecule has 1 N–H and O–H groups in total. The van der Waals surface area contributed by atoms with Gasteiger partial charge in [-0.1, -0.05) is 29.4 Å². The zero-order valence-corrected chi connectivity index (χ0v) is 18.7. The van der Waals surface area contributed by atoms with E-state index < -0.39 is 5.97 Å². The maximum atomic E-state index is 12.9. The lowest BCUT2D eigenvalue weighted by atomic mass is 10.0. The number of esters is 1. The fourth-order valence-electron chi connectivity index (χ4n) is 4.50. The fourth-order valence-corrected chi connectivity index (χ4v) is 4.50. The summed E-state index contributed by atoms with van der Waals surface area (Å²) in [6, 6.07) is 17.6. The van der Waals surface area contributed by atoms with Crippen molar-refractivity contribution in [2.75, 3.05) is 6.61 Å². The largest absolute Gasteiger partial charge is 0.488 e. The number of aryl methyl sites for hydroxylation is 1. The van der Waals surface area contributed by atoms with Crippen LogP contribution in [0.5, 0.6) is 5.75 Å². The van der Waals surface area contributed by atoms with Crippen molar-refractivity contribution in [2.24, 2.45) is 0 Å². The summed E-state index contributed by atoms with van der Waals surface area (Å²) in [5.41, 5.74) is 4.22. The van der Waals surface area contributed by atoms with Crippen molar-refractivity contribution in [3.8, 4) is 16.9 Å². The Morgan fingerprint density at radius 1 is 1.14 bits per heavy atom. The number of hydrogen-bond donors (Lipinski definition) is 1. The number of carbonyl (C=O) groups is 1. The number of aromatic amines is 1. The molecular weight excluding hydrogens is 448 g/mol. The van der Waals surface area contributed by atoms with E-state index in [1.54, 1.807) is 35.0 Å². The van der Waals surface area contributed by atoms with Crippen LogP contribution >= 0.6 is 0 Å². The molecule has 174 valence electrons. The first-order valence-corrected chi connectivity index (χ1v) is 11.1. The van der Waals surface area contributed by atoms with Crippen molar-refractivity contribution in [3.05, 3.63) is 100 Å². The van der Waals surface area contributed by atoms with Gasteiger partial charge >= 0.3 is 11.7 Å². The molecule has 6 rings (SSSR count). The first-order chi connectivity index (χ1) is 17.1. The Kier molecular flexibility index (Phi) is 4.95. The molecule has 0 fully saturated rings. The Morgan fingerprint density at radius 2 is 1.97 bits per heavy atom. The number of H-pyrrole nitrogens is 1. The lowest BCUT2D eigenvalue weighted by Gasteiger charge is -2.26. The monoisotopic (exact) mass is 468 g/mol. The maximum Gasteiger partial charge on any atom is 0.338 e.